The lowest BCUT2D eigenvalue weighted by molar-refractivity contribution is 0.0996. The van der Waals surface area contributed by atoms with Crippen molar-refractivity contribution in [2.75, 3.05) is 0 Å². The number of aryl methyl sites for hydroxylation is 3. The second-order valence-electron chi connectivity index (χ2n) is 7.21. The van der Waals surface area contributed by atoms with Gasteiger partial charge in [0, 0.05) is 47.1 Å². The van der Waals surface area contributed by atoms with Gasteiger partial charge in [-0.25, -0.2) is 0 Å². The third-order valence-corrected chi connectivity index (χ3v) is 5.83. The van der Waals surface area contributed by atoms with Gasteiger partial charge in [0.05, 0.1) is 11.2 Å². The molecule has 0 saturated heterocycles. The van der Waals surface area contributed by atoms with Crippen molar-refractivity contribution in [3.8, 4) is 11.1 Å². The fourth-order valence-corrected chi connectivity index (χ4v) is 4.88. The summed E-state index contributed by atoms with van der Waals surface area (Å²) in [6.07, 6.45) is 5.52. The Kier molecular flexibility index (Phi) is 2.36. The van der Waals surface area contributed by atoms with Crippen LogP contribution in [0.2, 0.25) is 0 Å². The summed E-state index contributed by atoms with van der Waals surface area (Å²) < 4.78 is 1.90. The molecule has 4 heteroatoms. The summed E-state index contributed by atoms with van der Waals surface area (Å²) in [7, 11) is 1.98. The van der Waals surface area contributed by atoms with Gasteiger partial charge in [-0.15, -0.1) is 0 Å². The zero-order valence-electron chi connectivity index (χ0n) is 14.0. The first-order chi connectivity index (χ1) is 12.2. The predicted octanol–water partition coefficient (Wildman–Crippen LogP) is 3.95. The minimum absolute atomic E-state index is 0.281. The fourth-order valence-electron chi connectivity index (χ4n) is 4.88. The maximum atomic E-state index is 12.8. The summed E-state index contributed by atoms with van der Waals surface area (Å²) in [5.41, 5.74) is 9.47. The van der Waals surface area contributed by atoms with Gasteiger partial charge in [-0.2, -0.15) is 5.10 Å². The first-order valence-corrected chi connectivity index (χ1v) is 8.86. The number of hydrogen-bond acceptors (Lipinski definition) is 2. The van der Waals surface area contributed by atoms with Gasteiger partial charge in [-0.05, 0) is 42.0 Å². The molecule has 0 radical (unpaired) electrons. The molecule has 0 unspecified atom stereocenters. The fraction of sp³-hybridized carbons (Fsp3) is 0.238. The Balaban J connectivity index is 1.87. The van der Waals surface area contributed by atoms with Gasteiger partial charge < -0.3 is 4.98 Å². The van der Waals surface area contributed by atoms with E-state index >= 15 is 0 Å². The summed E-state index contributed by atoms with van der Waals surface area (Å²) in [5.74, 6) is 0.281. The predicted molar refractivity (Wildman–Crippen MR) is 98.1 cm³/mol. The number of hydrogen-bond donors (Lipinski definition) is 1. The summed E-state index contributed by atoms with van der Waals surface area (Å²) in [6.45, 7) is 0. The number of carbonyl (C=O) groups is 1. The number of benzene rings is 2. The molecule has 2 aliphatic rings. The van der Waals surface area contributed by atoms with Crippen LogP contribution < -0.4 is 0 Å². The van der Waals surface area contributed by atoms with Crippen LogP contribution in [0.15, 0.2) is 30.5 Å². The Bertz CT molecular complexity index is 1230. The molecule has 2 aliphatic carbocycles. The van der Waals surface area contributed by atoms with Gasteiger partial charge in [0.1, 0.15) is 0 Å². The third-order valence-electron chi connectivity index (χ3n) is 5.83. The lowest BCUT2D eigenvalue weighted by atomic mass is 9.83. The zero-order valence-corrected chi connectivity index (χ0v) is 14.0. The van der Waals surface area contributed by atoms with E-state index in [2.05, 4.69) is 34.5 Å². The maximum absolute atomic E-state index is 12.8. The zero-order chi connectivity index (χ0) is 16.7. The van der Waals surface area contributed by atoms with Crippen molar-refractivity contribution in [3.05, 3.63) is 52.8 Å². The van der Waals surface area contributed by atoms with Crippen LogP contribution in [-0.4, -0.2) is 20.5 Å². The number of para-hydroxylation sites is 1. The average molecular weight is 327 g/mol. The Hall–Kier alpha value is -2.88. The summed E-state index contributed by atoms with van der Waals surface area (Å²) in [6, 6.07) is 8.34. The van der Waals surface area contributed by atoms with Crippen LogP contribution in [0.25, 0.3) is 32.9 Å². The van der Waals surface area contributed by atoms with Crippen LogP contribution in [0.5, 0.6) is 0 Å². The Labute approximate surface area is 144 Å². The number of fused-ring (bicyclic) bond motifs is 10. The quantitative estimate of drug-likeness (QED) is 0.532. The van der Waals surface area contributed by atoms with Crippen molar-refractivity contribution in [2.24, 2.45) is 7.05 Å². The van der Waals surface area contributed by atoms with Crippen molar-refractivity contribution in [3.63, 3.8) is 0 Å². The lowest BCUT2D eigenvalue weighted by Crippen LogP contribution is -2.08. The highest BCUT2D eigenvalue weighted by Crippen LogP contribution is 2.46. The van der Waals surface area contributed by atoms with Crippen molar-refractivity contribution < 1.29 is 4.79 Å². The number of Topliss-reactive ketones (excluding diaryl/α,β-unsaturated/α-hetero) is 1. The van der Waals surface area contributed by atoms with Crippen LogP contribution in [-0.2, 0) is 26.3 Å². The molecule has 0 aliphatic heterocycles. The SMILES string of the molecule is Cn1cc2c(n1)CCc1c-2c2c(c3c1[nH]c1ccccc13)C(=O)CC2. The van der Waals surface area contributed by atoms with E-state index in [1.807, 2.05) is 17.8 Å². The van der Waals surface area contributed by atoms with Gasteiger partial charge in [-0.3, -0.25) is 9.48 Å². The minimum atomic E-state index is 0.281. The smallest absolute Gasteiger partial charge is 0.164 e. The van der Waals surface area contributed by atoms with E-state index in [1.165, 1.54) is 27.6 Å². The maximum Gasteiger partial charge on any atom is 0.164 e. The highest BCUT2D eigenvalue weighted by atomic mass is 16.1. The van der Waals surface area contributed by atoms with Crippen molar-refractivity contribution in [2.45, 2.75) is 25.7 Å². The number of H-pyrrole nitrogens is 1. The molecule has 0 amide bonds. The van der Waals surface area contributed by atoms with Crippen molar-refractivity contribution in [1.82, 2.24) is 14.8 Å². The topological polar surface area (TPSA) is 50.7 Å². The standard InChI is InChI=1S/C21H17N3O/c1-24-10-14-16(23-24)8-6-13-18(14)12-7-9-17(25)19(12)20-11-4-2-3-5-15(11)22-21(13)20/h2-5,10,22H,6-9H2,1H3. The average Bonchev–Trinajstić information content (AvgIpc) is 3.28. The van der Waals surface area contributed by atoms with Crippen molar-refractivity contribution in [1.29, 1.82) is 0 Å². The first kappa shape index (κ1) is 13.4. The van der Waals surface area contributed by atoms with Gasteiger partial charge in [0.15, 0.2) is 5.78 Å². The van der Waals surface area contributed by atoms with Crippen LogP contribution in [0.1, 0.15) is 33.6 Å². The lowest BCUT2D eigenvalue weighted by Gasteiger charge is -2.20. The van der Waals surface area contributed by atoms with Crippen LogP contribution in [0.4, 0.5) is 0 Å². The normalized spacial score (nSPS) is 15.6. The second kappa shape index (κ2) is 4.39. The van der Waals surface area contributed by atoms with Gasteiger partial charge in [-0.1, -0.05) is 18.2 Å². The molecule has 0 bridgehead atoms. The largest absolute Gasteiger partial charge is 0.354 e. The Morgan fingerprint density at radius 2 is 1.88 bits per heavy atom. The van der Waals surface area contributed by atoms with Crippen LogP contribution >= 0.6 is 0 Å². The third kappa shape index (κ3) is 1.57. The van der Waals surface area contributed by atoms with E-state index in [9.17, 15) is 4.79 Å². The van der Waals surface area contributed by atoms with E-state index in [0.29, 0.717) is 6.42 Å². The molecule has 25 heavy (non-hydrogen) atoms. The molecule has 2 heterocycles. The number of nitrogens with one attached hydrogen (secondary N) is 1. The molecular weight excluding hydrogens is 310 g/mol. The molecule has 6 rings (SSSR count). The number of rotatable bonds is 0. The van der Waals surface area contributed by atoms with Crippen LogP contribution in [0.3, 0.4) is 0 Å². The molecule has 0 spiro atoms. The molecule has 0 fully saturated rings. The van der Waals surface area contributed by atoms with Gasteiger partial charge in [0.25, 0.3) is 0 Å². The van der Waals surface area contributed by atoms with E-state index < -0.39 is 0 Å². The molecule has 0 atom stereocenters. The van der Waals surface area contributed by atoms with E-state index in [4.69, 9.17) is 0 Å². The monoisotopic (exact) mass is 327 g/mol. The molecule has 4 nitrogen and oxygen atoms in total. The molecule has 2 aromatic heterocycles. The van der Waals surface area contributed by atoms with Gasteiger partial charge in [0.2, 0.25) is 0 Å². The highest BCUT2D eigenvalue weighted by molar-refractivity contribution is 6.22. The molecule has 4 aromatic rings. The van der Waals surface area contributed by atoms with Crippen LogP contribution in [0, 0.1) is 0 Å². The number of aromatic nitrogens is 3. The minimum Gasteiger partial charge on any atom is -0.354 e. The number of ketones is 1. The first-order valence-electron chi connectivity index (χ1n) is 8.86. The Morgan fingerprint density at radius 3 is 2.80 bits per heavy atom. The molecular formula is C21H17N3O. The summed E-state index contributed by atoms with van der Waals surface area (Å²) >= 11 is 0. The number of carbonyl (C=O) groups excluding carboxylic acids is 1. The highest BCUT2D eigenvalue weighted by Gasteiger charge is 2.33. The molecule has 2 aromatic carbocycles. The second-order valence-corrected chi connectivity index (χ2v) is 7.21. The molecule has 1 N–H and O–H groups in total. The summed E-state index contributed by atoms with van der Waals surface area (Å²) in [4.78, 5) is 16.4. The summed E-state index contributed by atoms with van der Waals surface area (Å²) in [5, 5.41) is 6.95. The number of nitrogens with zero attached hydrogens (tertiary/aromatic N) is 2. The van der Waals surface area contributed by atoms with Gasteiger partial charge >= 0.3 is 0 Å². The van der Waals surface area contributed by atoms with E-state index in [0.717, 1.165) is 46.9 Å². The van der Waals surface area contributed by atoms with E-state index in [1.54, 1.807) is 0 Å². The van der Waals surface area contributed by atoms with Crippen molar-refractivity contribution >= 4 is 27.6 Å². The van der Waals surface area contributed by atoms with E-state index in [-0.39, 0.29) is 5.78 Å². The molecule has 122 valence electrons. The molecule has 0 saturated carbocycles. The Morgan fingerprint density at radius 1 is 1.04 bits per heavy atom. The number of aromatic amines is 1.